The van der Waals surface area contributed by atoms with Gasteiger partial charge in [0.2, 0.25) is 0 Å². The number of ether oxygens (including phenoxy) is 1. The van der Waals surface area contributed by atoms with E-state index in [1.54, 1.807) is 0 Å². The molecule has 0 aromatic rings. The van der Waals surface area contributed by atoms with Gasteiger partial charge in [-0.25, -0.2) is 4.79 Å². The molecular weight excluding hydrogens is 240 g/mol. The third kappa shape index (κ3) is 7.41. The highest BCUT2D eigenvalue weighted by Crippen LogP contribution is 2.20. The molecular formula is C15H30N2O2. The fraction of sp³-hybridized carbons (Fsp3) is 0.933. The molecule has 1 rings (SSSR count). The molecule has 1 amide bonds. The van der Waals surface area contributed by atoms with Crippen LogP contribution in [0.1, 0.15) is 47.5 Å². The normalized spacial score (nSPS) is 25.7. The Morgan fingerprint density at radius 3 is 2.63 bits per heavy atom. The summed E-state index contributed by atoms with van der Waals surface area (Å²) in [5.74, 6) is 1.57. The van der Waals surface area contributed by atoms with Crippen molar-refractivity contribution in [1.82, 2.24) is 10.2 Å². The van der Waals surface area contributed by atoms with Crippen LogP contribution in [0.4, 0.5) is 4.79 Å². The Kier molecular flexibility index (Phi) is 6.11. The molecule has 0 bridgehead atoms. The SMILES string of the molecule is CC1CCN(CCNC(=O)OC(C)(C)C)CC(C)C1. The van der Waals surface area contributed by atoms with E-state index >= 15 is 0 Å². The Balaban J connectivity index is 2.23. The van der Waals surface area contributed by atoms with Crippen molar-refractivity contribution < 1.29 is 9.53 Å². The number of carbonyl (C=O) groups excluding carboxylic acids is 1. The van der Waals surface area contributed by atoms with Crippen molar-refractivity contribution >= 4 is 6.09 Å². The van der Waals surface area contributed by atoms with Gasteiger partial charge in [0.05, 0.1) is 0 Å². The number of nitrogens with one attached hydrogen (secondary N) is 1. The van der Waals surface area contributed by atoms with Gasteiger partial charge in [0.1, 0.15) is 5.60 Å². The summed E-state index contributed by atoms with van der Waals surface area (Å²) in [5, 5.41) is 2.83. The van der Waals surface area contributed by atoms with Gasteiger partial charge in [0.15, 0.2) is 0 Å². The Morgan fingerprint density at radius 1 is 1.32 bits per heavy atom. The summed E-state index contributed by atoms with van der Waals surface area (Å²) in [6, 6.07) is 0. The first-order valence-corrected chi connectivity index (χ1v) is 7.45. The van der Waals surface area contributed by atoms with Crippen LogP contribution in [0.15, 0.2) is 0 Å². The summed E-state index contributed by atoms with van der Waals surface area (Å²) in [6.45, 7) is 14.1. The van der Waals surface area contributed by atoms with Gasteiger partial charge >= 0.3 is 6.09 Å². The second-order valence-corrected chi connectivity index (χ2v) is 6.96. The average molecular weight is 270 g/mol. The van der Waals surface area contributed by atoms with E-state index in [1.807, 2.05) is 20.8 Å². The van der Waals surface area contributed by atoms with E-state index in [2.05, 4.69) is 24.1 Å². The van der Waals surface area contributed by atoms with E-state index in [9.17, 15) is 4.79 Å². The molecule has 1 fully saturated rings. The van der Waals surface area contributed by atoms with Crippen LogP contribution < -0.4 is 5.32 Å². The Morgan fingerprint density at radius 2 is 2.00 bits per heavy atom. The van der Waals surface area contributed by atoms with Crippen LogP contribution in [0.2, 0.25) is 0 Å². The maximum absolute atomic E-state index is 11.5. The molecule has 0 aliphatic carbocycles. The number of alkyl carbamates (subject to hydrolysis) is 1. The Bertz CT molecular complexity index is 286. The van der Waals surface area contributed by atoms with Crippen molar-refractivity contribution in [2.24, 2.45) is 11.8 Å². The van der Waals surface area contributed by atoms with E-state index in [0.29, 0.717) is 6.54 Å². The molecule has 0 radical (unpaired) electrons. The lowest BCUT2D eigenvalue weighted by Crippen LogP contribution is -2.39. The van der Waals surface area contributed by atoms with Gasteiger partial charge in [-0.1, -0.05) is 13.8 Å². The second kappa shape index (κ2) is 7.13. The van der Waals surface area contributed by atoms with Gasteiger partial charge < -0.3 is 15.0 Å². The molecule has 0 aromatic carbocycles. The quantitative estimate of drug-likeness (QED) is 0.857. The average Bonchev–Trinajstić information content (AvgIpc) is 2.37. The van der Waals surface area contributed by atoms with E-state index in [1.165, 1.54) is 12.8 Å². The lowest BCUT2D eigenvalue weighted by molar-refractivity contribution is 0.0521. The van der Waals surface area contributed by atoms with Crippen LogP contribution in [0.3, 0.4) is 0 Å². The first kappa shape index (κ1) is 16.3. The minimum atomic E-state index is -0.420. The molecule has 4 nitrogen and oxygen atoms in total. The molecule has 0 aromatic heterocycles. The molecule has 0 spiro atoms. The third-order valence-electron chi connectivity index (χ3n) is 3.41. The van der Waals surface area contributed by atoms with Crippen LogP contribution in [0.5, 0.6) is 0 Å². The van der Waals surface area contributed by atoms with Gasteiger partial charge in [-0.15, -0.1) is 0 Å². The number of nitrogens with zero attached hydrogens (tertiary/aromatic N) is 1. The zero-order valence-corrected chi connectivity index (χ0v) is 13.2. The van der Waals surface area contributed by atoms with Crippen molar-refractivity contribution in [2.45, 2.75) is 53.1 Å². The molecule has 112 valence electrons. The first-order chi connectivity index (χ1) is 8.76. The van der Waals surface area contributed by atoms with Crippen LogP contribution in [0, 0.1) is 11.8 Å². The number of hydrogen-bond donors (Lipinski definition) is 1. The summed E-state index contributed by atoms with van der Waals surface area (Å²) < 4.78 is 5.22. The highest BCUT2D eigenvalue weighted by molar-refractivity contribution is 5.67. The van der Waals surface area contributed by atoms with Gasteiger partial charge in [0, 0.05) is 19.6 Å². The first-order valence-electron chi connectivity index (χ1n) is 7.45. The third-order valence-corrected chi connectivity index (χ3v) is 3.41. The zero-order chi connectivity index (χ0) is 14.5. The van der Waals surface area contributed by atoms with E-state index in [0.717, 1.165) is 31.5 Å². The molecule has 4 heteroatoms. The van der Waals surface area contributed by atoms with Crippen LogP contribution in [-0.4, -0.2) is 42.8 Å². The highest BCUT2D eigenvalue weighted by Gasteiger charge is 2.19. The number of carbonyl (C=O) groups is 1. The molecule has 1 saturated heterocycles. The predicted molar refractivity (Wildman–Crippen MR) is 78.2 cm³/mol. The summed E-state index contributed by atoms with van der Waals surface area (Å²) in [5.41, 5.74) is -0.420. The van der Waals surface area contributed by atoms with E-state index < -0.39 is 5.60 Å². The van der Waals surface area contributed by atoms with Crippen LogP contribution in [-0.2, 0) is 4.74 Å². The van der Waals surface area contributed by atoms with Crippen molar-refractivity contribution in [1.29, 1.82) is 0 Å². The van der Waals surface area contributed by atoms with Gasteiger partial charge in [-0.3, -0.25) is 0 Å². The predicted octanol–water partition coefficient (Wildman–Crippen LogP) is 2.88. The fourth-order valence-corrected chi connectivity index (χ4v) is 2.65. The van der Waals surface area contributed by atoms with Gasteiger partial charge in [-0.2, -0.15) is 0 Å². The maximum Gasteiger partial charge on any atom is 0.407 e. The Labute approximate surface area is 117 Å². The smallest absolute Gasteiger partial charge is 0.407 e. The summed E-state index contributed by atoms with van der Waals surface area (Å²) >= 11 is 0. The lowest BCUT2D eigenvalue weighted by Gasteiger charge is -2.23. The van der Waals surface area contributed by atoms with Crippen molar-refractivity contribution in [3.8, 4) is 0 Å². The zero-order valence-electron chi connectivity index (χ0n) is 13.2. The number of amides is 1. The number of hydrogen-bond acceptors (Lipinski definition) is 3. The summed E-state index contributed by atoms with van der Waals surface area (Å²) in [4.78, 5) is 14.0. The fourth-order valence-electron chi connectivity index (χ4n) is 2.65. The lowest BCUT2D eigenvalue weighted by atomic mass is 9.97. The van der Waals surface area contributed by atoms with Crippen molar-refractivity contribution in [2.75, 3.05) is 26.2 Å². The molecule has 1 N–H and O–H groups in total. The second-order valence-electron chi connectivity index (χ2n) is 6.96. The minimum absolute atomic E-state index is 0.316. The molecule has 1 aliphatic heterocycles. The topological polar surface area (TPSA) is 41.6 Å². The number of rotatable bonds is 3. The van der Waals surface area contributed by atoms with Crippen molar-refractivity contribution in [3.05, 3.63) is 0 Å². The molecule has 1 aliphatic rings. The molecule has 2 unspecified atom stereocenters. The molecule has 0 saturated carbocycles. The largest absolute Gasteiger partial charge is 0.444 e. The highest BCUT2D eigenvalue weighted by atomic mass is 16.6. The van der Waals surface area contributed by atoms with E-state index in [-0.39, 0.29) is 6.09 Å². The summed E-state index contributed by atoms with van der Waals surface area (Å²) in [7, 11) is 0. The minimum Gasteiger partial charge on any atom is -0.444 e. The van der Waals surface area contributed by atoms with E-state index in [4.69, 9.17) is 4.74 Å². The van der Waals surface area contributed by atoms with Crippen LogP contribution >= 0.6 is 0 Å². The monoisotopic (exact) mass is 270 g/mol. The van der Waals surface area contributed by atoms with Crippen molar-refractivity contribution in [3.63, 3.8) is 0 Å². The van der Waals surface area contributed by atoms with Gasteiger partial charge in [-0.05, 0) is 52.0 Å². The van der Waals surface area contributed by atoms with Gasteiger partial charge in [0.25, 0.3) is 0 Å². The standard InChI is InChI=1S/C15H30N2O2/c1-12-6-8-17(11-13(2)10-12)9-7-16-14(18)19-15(3,4)5/h12-13H,6-11H2,1-5H3,(H,16,18). The molecule has 2 atom stereocenters. The molecule has 1 heterocycles. The van der Waals surface area contributed by atoms with Crippen LogP contribution in [0.25, 0.3) is 0 Å². The Hall–Kier alpha value is -0.770. The maximum atomic E-state index is 11.5. The summed E-state index contributed by atoms with van der Waals surface area (Å²) in [6.07, 6.45) is 2.26. The molecule has 19 heavy (non-hydrogen) atoms. The number of likely N-dealkylation sites (tertiary alicyclic amines) is 1.